The summed E-state index contributed by atoms with van der Waals surface area (Å²) in [7, 11) is 0. The van der Waals surface area contributed by atoms with Gasteiger partial charge in [-0.1, -0.05) is 27.7 Å². The molecule has 270 valence electrons. The van der Waals surface area contributed by atoms with Crippen molar-refractivity contribution in [2.24, 2.45) is 28.6 Å². The number of hydroxylamine groups is 4. The van der Waals surface area contributed by atoms with E-state index in [9.17, 15) is 24.8 Å². The fourth-order valence-corrected chi connectivity index (χ4v) is 10.1. The lowest BCUT2D eigenvalue weighted by molar-refractivity contribution is -0.253. The molecule has 2 heterocycles. The lowest BCUT2D eigenvalue weighted by Gasteiger charge is -2.51. The van der Waals surface area contributed by atoms with Crippen molar-refractivity contribution in [2.75, 3.05) is 0 Å². The van der Waals surface area contributed by atoms with Gasteiger partial charge in [0, 0.05) is 41.4 Å². The summed E-state index contributed by atoms with van der Waals surface area (Å²) in [5.74, 6) is -1.95. The van der Waals surface area contributed by atoms with Crippen molar-refractivity contribution in [3.63, 3.8) is 0 Å². The number of rotatable bonds is 6. The summed E-state index contributed by atoms with van der Waals surface area (Å²) >= 11 is 0. The number of hydrogen-bond donors (Lipinski definition) is 2. The van der Waals surface area contributed by atoms with Crippen molar-refractivity contribution in [2.45, 2.75) is 188 Å². The van der Waals surface area contributed by atoms with E-state index in [1.54, 1.807) is 0 Å². The van der Waals surface area contributed by atoms with E-state index in [2.05, 4.69) is 27.7 Å². The molecule has 0 spiro atoms. The molecular weight excluding hydrogens is 600 g/mol. The monoisotopic (exact) mass is 664 g/mol. The lowest BCUT2D eigenvalue weighted by atomic mass is 9.61. The standard InChI is InChI=1S/C37H64N2O8/c1-32(2)16-23(17-33(3,4)22-32)29(40)45-26-13-27(46-30(41)24-18-34(5,6)38(43)35(7,8)19-24)15-28(14-26)47-31(42)25-20-36(9,10)39(44)37(11,12)21-25/h23-28,43-44H,13-22H2,1-12H3. The van der Waals surface area contributed by atoms with E-state index in [0.29, 0.717) is 44.9 Å². The summed E-state index contributed by atoms with van der Waals surface area (Å²) in [5.41, 5.74) is -2.40. The molecule has 0 bridgehead atoms. The second-order valence-electron chi connectivity index (χ2n) is 19.6. The lowest BCUT2D eigenvalue weighted by Crippen LogP contribution is -2.60. The Morgan fingerprint density at radius 1 is 0.468 bits per heavy atom. The van der Waals surface area contributed by atoms with Crippen LogP contribution >= 0.6 is 0 Å². The molecule has 4 aliphatic rings. The molecule has 10 nitrogen and oxygen atoms in total. The van der Waals surface area contributed by atoms with E-state index in [1.165, 1.54) is 10.1 Å². The summed E-state index contributed by atoms with van der Waals surface area (Å²) in [6.45, 7) is 24.1. The minimum absolute atomic E-state index is 0.0194. The maximum absolute atomic E-state index is 13.7. The first-order valence-corrected chi connectivity index (χ1v) is 17.8. The molecule has 0 aromatic carbocycles. The van der Waals surface area contributed by atoms with Crippen LogP contribution in [-0.4, -0.2) is 78.9 Å². The van der Waals surface area contributed by atoms with Gasteiger partial charge in [-0.3, -0.25) is 14.4 Å². The van der Waals surface area contributed by atoms with Gasteiger partial charge in [-0.15, -0.1) is 0 Å². The summed E-state index contributed by atoms with van der Waals surface area (Å²) in [4.78, 5) is 41.0. The quantitative estimate of drug-likeness (QED) is 0.225. The molecule has 2 saturated carbocycles. The molecular formula is C37H64N2O8. The molecule has 2 aliphatic heterocycles. The SMILES string of the molecule is CC1(C)CC(C(=O)OC2CC(OC(=O)C3CC(C)(C)N(O)C(C)(C)C3)CC(OC(=O)C3CC(C)(C)N(O)C(C)(C)C3)C2)CC(C)(C)C1. The predicted octanol–water partition coefficient (Wildman–Crippen LogP) is 7.08. The Kier molecular flexibility index (Phi) is 10.4. The van der Waals surface area contributed by atoms with Crippen LogP contribution in [0.1, 0.15) is 147 Å². The van der Waals surface area contributed by atoms with Crippen LogP contribution in [0.5, 0.6) is 0 Å². The van der Waals surface area contributed by atoms with Crippen LogP contribution in [-0.2, 0) is 28.6 Å². The second kappa shape index (κ2) is 12.9. The van der Waals surface area contributed by atoms with E-state index < -0.39 is 52.3 Å². The van der Waals surface area contributed by atoms with Crippen LogP contribution in [0.25, 0.3) is 0 Å². The van der Waals surface area contributed by atoms with Gasteiger partial charge in [0.25, 0.3) is 0 Å². The Hall–Kier alpha value is -1.75. The molecule has 0 amide bonds. The van der Waals surface area contributed by atoms with Crippen LogP contribution in [0.2, 0.25) is 0 Å². The van der Waals surface area contributed by atoms with Crippen molar-refractivity contribution in [3.05, 3.63) is 0 Å². The van der Waals surface area contributed by atoms with Gasteiger partial charge in [0.15, 0.2) is 0 Å². The largest absolute Gasteiger partial charge is 0.462 e. The first-order chi connectivity index (χ1) is 21.2. The second-order valence-corrected chi connectivity index (χ2v) is 19.6. The number of nitrogens with zero attached hydrogens (tertiary/aromatic N) is 2. The van der Waals surface area contributed by atoms with Crippen molar-refractivity contribution in [3.8, 4) is 0 Å². The smallest absolute Gasteiger partial charge is 0.309 e. The number of esters is 3. The highest BCUT2D eigenvalue weighted by molar-refractivity contribution is 5.74. The zero-order chi connectivity index (χ0) is 35.5. The molecule has 0 aromatic heterocycles. The highest BCUT2D eigenvalue weighted by Crippen LogP contribution is 2.49. The fraction of sp³-hybridized carbons (Fsp3) is 0.919. The van der Waals surface area contributed by atoms with Gasteiger partial charge in [-0.05, 0) is 111 Å². The molecule has 2 atom stereocenters. The van der Waals surface area contributed by atoms with Crippen LogP contribution in [0.3, 0.4) is 0 Å². The topological polar surface area (TPSA) is 126 Å². The minimum Gasteiger partial charge on any atom is -0.462 e. The van der Waals surface area contributed by atoms with Gasteiger partial charge in [0.1, 0.15) is 18.3 Å². The van der Waals surface area contributed by atoms with Crippen LogP contribution in [0.4, 0.5) is 0 Å². The van der Waals surface area contributed by atoms with Gasteiger partial charge in [0.05, 0.1) is 17.8 Å². The number of carbonyl (C=O) groups excluding carboxylic acids is 3. The van der Waals surface area contributed by atoms with Crippen LogP contribution in [0, 0.1) is 28.6 Å². The van der Waals surface area contributed by atoms with Gasteiger partial charge < -0.3 is 24.6 Å². The Bertz CT molecular complexity index is 1070. The molecule has 47 heavy (non-hydrogen) atoms. The van der Waals surface area contributed by atoms with E-state index in [0.717, 1.165) is 19.3 Å². The Morgan fingerprint density at radius 3 is 0.957 bits per heavy atom. The highest BCUT2D eigenvalue weighted by Gasteiger charge is 2.50. The van der Waals surface area contributed by atoms with Crippen molar-refractivity contribution >= 4 is 17.9 Å². The highest BCUT2D eigenvalue weighted by atomic mass is 16.6. The Labute approximate surface area is 283 Å². The molecule has 4 fully saturated rings. The first kappa shape index (κ1) is 38.1. The van der Waals surface area contributed by atoms with Crippen LogP contribution in [0.15, 0.2) is 0 Å². The molecule has 0 aromatic rings. The first-order valence-electron chi connectivity index (χ1n) is 17.8. The maximum atomic E-state index is 13.7. The number of ether oxygens (including phenoxy) is 3. The van der Waals surface area contributed by atoms with Gasteiger partial charge in [-0.25, -0.2) is 0 Å². The van der Waals surface area contributed by atoms with E-state index >= 15 is 0 Å². The molecule has 2 N–H and O–H groups in total. The summed E-state index contributed by atoms with van der Waals surface area (Å²) in [5, 5.41) is 24.2. The summed E-state index contributed by atoms with van der Waals surface area (Å²) < 4.78 is 18.5. The molecule has 0 radical (unpaired) electrons. The average molecular weight is 665 g/mol. The Balaban J connectivity index is 1.50. The summed E-state index contributed by atoms with van der Waals surface area (Å²) in [6.07, 6.45) is 3.60. The zero-order valence-corrected chi connectivity index (χ0v) is 31.3. The fourth-order valence-electron chi connectivity index (χ4n) is 10.1. The van der Waals surface area contributed by atoms with Gasteiger partial charge >= 0.3 is 17.9 Å². The third kappa shape index (κ3) is 8.89. The average Bonchev–Trinajstić information content (AvgIpc) is 2.87. The number of carbonyl (C=O) groups is 3. The third-order valence-electron chi connectivity index (χ3n) is 11.3. The Morgan fingerprint density at radius 2 is 0.702 bits per heavy atom. The van der Waals surface area contributed by atoms with Crippen LogP contribution < -0.4 is 0 Å². The molecule has 2 aliphatic carbocycles. The van der Waals surface area contributed by atoms with Gasteiger partial charge in [0.2, 0.25) is 0 Å². The zero-order valence-electron chi connectivity index (χ0n) is 31.3. The molecule has 10 heteroatoms. The van der Waals surface area contributed by atoms with Crippen molar-refractivity contribution in [1.82, 2.24) is 10.1 Å². The molecule has 4 rings (SSSR count). The maximum Gasteiger partial charge on any atom is 0.309 e. The molecule has 2 saturated heterocycles. The van der Waals surface area contributed by atoms with Crippen molar-refractivity contribution in [1.29, 1.82) is 0 Å². The normalized spacial score (nSPS) is 32.7. The van der Waals surface area contributed by atoms with E-state index in [1.807, 2.05) is 55.4 Å². The van der Waals surface area contributed by atoms with E-state index in [4.69, 9.17) is 14.2 Å². The van der Waals surface area contributed by atoms with Gasteiger partial charge in [-0.2, -0.15) is 10.1 Å². The number of hydrogen-bond acceptors (Lipinski definition) is 10. The van der Waals surface area contributed by atoms with E-state index in [-0.39, 0.29) is 34.7 Å². The molecule has 2 unspecified atom stereocenters. The number of piperidine rings is 2. The minimum atomic E-state index is -0.610. The summed E-state index contributed by atoms with van der Waals surface area (Å²) in [6, 6.07) is 0. The predicted molar refractivity (Wildman–Crippen MR) is 177 cm³/mol. The van der Waals surface area contributed by atoms with Crippen molar-refractivity contribution < 1.29 is 39.0 Å². The third-order valence-corrected chi connectivity index (χ3v) is 11.3.